The maximum absolute atomic E-state index is 13.0. The molecule has 0 saturated carbocycles. The molecule has 100 valence electrons. The van der Waals surface area contributed by atoms with Gasteiger partial charge in [0.05, 0.1) is 6.04 Å². The Morgan fingerprint density at radius 2 is 2.06 bits per heavy atom. The molecule has 1 atom stereocenters. The third-order valence-corrected chi connectivity index (χ3v) is 3.60. The fourth-order valence-corrected chi connectivity index (χ4v) is 2.58. The second-order valence-corrected chi connectivity index (χ2v) is 5.04. The zero-order chi connectivity index (χ0) is 13.0. The molecule has 0 radical (unpaired) electrons. The average molecular weight is 272 g/mol. The van der Waals surface area contributed by atoms with E-state index in [-0.39, 0.29) is 11.9 Å². The van der Waals surface area contributed by atoms with Crippen molar-refractivity contribution in [2.45, 2.75) is 25.3 Å². The monoisotopic (exact) mass is 271 g/mol. The molecule has 1 aliphatic rings. The highest BCUT2D eigenvalue weighted by atomic mass is 35.5. The van der Waals surface area contributed by atoms with Crippen molar-refractivity contribution in [2.24, 2.45) is 5.73 Å². The maximum atomic E-state index is 13.0. The minimum atomic E-state index is -0.322. The molecule has 2 rings (SSSR count). The molecule has 0 aromatic heterocycles. The zero-order valence-electron chi connectivity index (χ0n) is 10.3. The Morgan fingerprint density at radius 1 is 1.33 bits per heavy atom. The molecule has 0 amide bonds. The summed E-state index contributed by atoms with van der Waals surface area (Å²) < 4.78 is 13.0. The molecular formula is C13H19ClFN3. The fraction of sp³-hybridized carbons (Fsp3) is 0.538. The Morgan fingerprint density at radius 3 is 2.67 bits per heavy atom. The van der Waals surface area contributed by atoms with E-state index in [1.807, 2.05) is 0 Å². The molecule has 1 saturated heterocycles. The van der Waals surface area contributed by atoms with E-state index >= 15 is 0 Å². The van der Waals surface area contributed by atoms with Gasteiger partial charge in [-0.25, -0.2) is 14.8 Å². The molecule has 5 heteroatoms. The number of piperidine rings is 1. The first-order valence-corrected chi connectivity index (χ1v) is 6.74. The maximum Gasteiger partial charge on any atom is 0.124 e. The van der Waals surface area contributed by atoms with Crippen molar-refractivity contribution in [3.63, 3.8) is 0 Å². The molecule has 0 spiro atoms. The van der Waals surface area contributed by atoms with Gasteiger partial charge in [-0.3, -0.25) is 0 Å². The minimum Gasteiger partial charge on any atom is -0.329 e. The Labute approximate surface area is 112 Å². The van der Waals surface area contributed by atoms with Gasteiger partial charge in [-0.1, -0.05) is 24.1 Å². The van der Waals surface area contributed by atoms with E-state index in [4.69, 9.17) is 17.3 Å². The Bertz CT molecular complexity index is 394. The number of hydrogen-bond donors (Lipinski definition) is 2. The fourth-order valence-electron chi connectivity index (χ4n) is 2.28. The van der Waals surface area contributed by atoms with E-state index in [9.17, 15) is 4.39 Å². The molecule has 1 heterocycles. The lowest BCUT2D eigenvalue weighted by atomic mass is 10.1. The lowest BCUT2D eigenvalue weighted by Gasteiger charge is -2.31. The van der Waals surface area contributed by atoms with Crippen molar-refractivity contribution in [1.82, 2.24) is 10.4 Å². The predicted octanol–water partition coefficient (Wildman–Crippen LogP) is 2.47. The third-order valence-electron chi connectivity index (χ3n) is 3.27. The first kappa shape index (κ1) is 13.7. The molecule has 1 aliphatic heterocycles. The molecule has 0 bridgehead atoms. The van der Waals surface area contributed by atoms with E-state index < -0.39 is 0 Å². The van der Waals surface area contributed by atoms with Gasteiger partial charge in [-0.15, -0.1) is 0 Å². The van der Waals surface area contributed by atoms with Crippen LogP contribution < -0.4 is 11.2 Å². The SMILES string of the molecule is NCC(NN1CCCCC1)c1ccc(F)cc1Cl. The topological polar surface area (TPSA) is 41.3 Å². The van der Waals surface area contributed by atoms with Gasteiger partial charge in [0.15, 0.2) is 0 Å². The summed E-state index contributed by atoms with van der Waals surface area (Å²) in [5.41, 5.74) is 10.0. The van der Waals surface area contributed by atoms with Crippen molar-refractivity contribution >= 4 is 11.6 Å². The van der Waals surface area contributed by atoms with Crippen molar-refractivity contribution in [3.05, 3.63) is 34.6 Å². The van der Waals surface area contributed by atoms with Gasteiger partial charge in [0, 0.05) is 24.7 Å². The highest BCUT2D eigenvalue weighted by Crippen LogP contribution is 2.24. The molecule has 1 fully saturated rings. The van der Waals surface area contributed by atoms with E-state index in [0.29, 0.717) is 11.6 Å². The number of hydrazine groups is 1. The van der Waals surface area contributed by atoms with Gasteiger partial charge >= 0.3 is 0 Å². The number of halogens is 2. The van der Waals surface area contributed by atoms with Gasteiger partial charge in [0.2, 0.25) is 0 Å². The zero-order valence-corrected chi connectivity index (χ0v) is 11.1. The van der Waals surface area contributed by atoms with Crippen LogP contribution in [0.25, 0.3) is 0 Å². The van der Waals surface area contributed by atoms with Crippen molar-refractivity contribution in [2.75, 3.05) is 19.6 Å². The second kappa shape index (κ2) is 6.48. The van der Waals surface area contributed by atoms with Crippen LogP contribution in [0.15, 0.2) is 18.2 Å². The number of nitrogens with zero attached hydrogens (tertiary/aromatic N) is 1. The van der Waals surface area contributed by atoms with Gasteiger partial charge in [0.25, 0.3) is 0 Å². The Balaban J connectivity index is 2.07. The van der Waals surface area contributed by atoms with Crippen LogP contribution >= 0.6 is 11.6 Å². The number of hydrogen-bond acceptors (Lipinski definition) is 3. The Hall–Kier alpha value is -0.680. The van der Waals surface area contributed by atoms with Gasteiger partial charge < -0.3 is 5.73 Å². The summed E-state index contributed by atoms with van der Waals surface area (Å²) in [6, 6.07) is 4.39. The molecule has 18 heavy (non-hydrogen) atoms. The highest BCUT2D eigenvalue weighted by molar-refractivity contribution is 6.31. The first-order valence-electron chi connectivity index (χ1n) is 6.37. The minimum absolute atomic E-state index is 0.0591. The van der Waals surface area contributed by atoms with Crippen LogP contribution in [0.4, 0.5) is 4.39 Å². The predicted molar refractivity (Wildman–Crippen MR) is 71.8 cm³/mol. The normalized spacial score (nSPS) is 18.8. The highest BCUT2D eigenvalue weighted by Gasteiger charge is 2.18. The summed E-state index contributed by atoms with van der Waals surface area (Å²) in [5, 5.41) is 2.61. The first-order chi connectivity index (χ1) is 8.70. The molecule has 3 N–H and O–H groups in total. The van der Waals surface area contributed by atoms with Crippen LogP contribution in [0.1, 0.15) is 30.9 Å². The van der Waals surface area contributed by atoms with E-state index in [0.717, 1.165) is 18.7 Å². The number of nitrogens with two attached hydrogens (primary N) is 1. The van der Waals surface area contributed by atoms with Crippen LogP contribution in [-0.4, -0.2) is 24.6 Å². The van der Waals surface area contributed by atoms with Crippen molar-refractivity contribution in [1.29, 1.82) is 0 Å². The van der Waals surface area contributed by atoms with Crippen LogP contribution in [0.2, 0.25) is 5.02 Å². The quantitative estimate of drug-likeness (QED) is 0.884. The number of nitrogens with one attached hydrogen (secondary N) is 1. The van der Waals surface area contributed by atoms with E-state index in [2.05, 4.69) is 10.4 Å². The van der Waals surface area contributed by atoms with E-state index in [1.54, 1.807) is 6.07 Å². The lowest BCUT2D eigenvalue weighted by molar-refractivity contribution is 0.130. The van der Waals surface area contributed by atoms with Crippen LogP contribution in [0.3, 0.4) is 0 Å². The standard InChI is InChI=1S/C13H19ClFN3/c14-12-8-10(15)4-5-11(12)13(9-16)17-18-6-2-1-3-7-18/h4-5,8,13,17H,1-3,6-7,9,16H2. The van der Waals surface area contributed by atoms with Crippen molar-refractivity contribution in [3.8, 4) is 0 Å². The summed E-state index contributed by atoms with van der Waals surface area (Å²) in [5.74, 6) is -0.322. The molecule has 0 aliphatic carbocycles. The van der Waals surface area contributed by atoms with Crippen molar-refractivity contribution < 1.29 is 4.39 Å². The van der Waals surface area contributed by atoms with E-state index in [1.165, 1.54) is 31.4 Å². The van der Waals surface area contributed by atoms with Gasteiger partial charge in [0.1, 0.15) is 5.82 Å². The summed E-state index contributed by atoms with van der Waals surface area (Å²) in [6.45, 7) is 2.48. The number of benzene rings is 1. The largest absolute Gasteiger partial charge is 0.329 e. The smallest absolute Gasteiger partial charge is 0.124 e. The van der Waals surface area contributed by atoms with Crippen LogP contribution in [0.5, 0.6) is 0 Å². The van der Waals surface area contributed by atoms with Gasteiger partial charge in [-0.2, -0.15) is 0 Å². The average Bonchev–Trinajstić information content (AvgIpc) is 2.38. The lowest BCUT2D eigenvalue weighted by Crippen LogP contribution is -2.45. The molecular weight excluding hydrogens is 253 g/mol. The summed E-state index contributed by atoms with van der Waals surface area (Å²) >= 11 is 6.07. The second-order valence-electron chi connectivity index (χ2n) is 4.63. The van der Waals surface area contributed by atoms with Gasteiger partial charge in [-0.05, 0) is 30.5 Å². The molecule has 1 aromatic rings. The number of rotatable bonds is 4. The third kappa shape index (κ3) is 3.42. The van der Waals surface area contributed by atoms with Crippen LogP contribution in [0, 0.1) is 5.82 Å². The molecule has 1 unspecified atom stereocenters. The summed E-state index contributed by atoms with van der Waals surface area (Å²) in [7, 11) is 0. The Kier molecular flexibility index (Phi) is 4.95. The summed E-state index contributed by atoms with van der Waals surface area (Å²) in [6.07, 6.45) is 3.67. The van der Waals surface area contributed by atoms with Crippen LogP contribution in [-0.2, 0) is 0 Å². The summed E-state index contributed by atoms with van der Waals surface area (Å²) in [4.78, 5) is 0. The molecule has 1 aromatic carbocycles. The molecule has 3 nitrogen and oxygen atoms in total.